The van der Waals surface area contributed by atoms with Gasteiger partial charge < -0.3 is 15.5 Å². The Kier molecular flexibility index (Phi) is 5.17. The Labute approximate surface area is 162 Å². The van der Waals surface area contributed by atoms with Crippen molar-refractivity contribution in [1.82, 2.24) is 9.97 Å². The van der Waals surface area contributed by atoms with E-state index >= 15 is 0 Å². The first-order valence-electron chi connectivity index (χ1n) is 8.77. The molecule has 3 aromatic rings. The zero-order valence-corrected chi connectivity index (χ0v) is 15.9. The van der Waals surface area contributed by atoms with Crippen molar-refractivity contribution < 1.29 is 14.3 Å². The van der Waals surface area contributed by atoms with Crippen molar-refractivity contribution in [2.24, 2.45) is 5.73 Å². The predicted octanol–water partition coefficient (Wildman–Crippen LogP) is 3.94. The van der Waals surface area contributed by atoms with Crippen molar-refractivity contribution in [3.05, 3.63) is 59.9 Å². The summed E-state index contributed by atoms with van der Waals surface area (Å²) >= 11 is 0. The number of carbonyl (C=O) groups excluding carboxylic acids is 2. The maximum absolute atomic E-state index is 12.0. The summed E-state index contributed by atoms with van der Waals surface area (Å²) in [6.45, 7) is 5.37. The highest BCUT2D eigenvalue weighted by molar-refractivity contribution is 6.24. The van der Waals surface area contributed by atoms with Gasteiger partial charge >= 0.3 is 6.09 Å². The number of aromatic nitrogens is 2. The van der Waals surface area contributed by atoms with Gasteiger partial charge in [-0.25, -0.2) is 9.78 Å². The maximum atomic E-state index is 12.0. The fourth-order valence-corrected chi connectivity index (χ4v) is 2.70. The molecule has 0 aliphatic rings. The normalized spacial score (nSPS) is 12.0. The van der Waals surface area contributed by atoms with Crippen molar-refractivity contribution in [2.75, 3.05) is 5.32 Å². The molecule has 2 amide bonds. The van der Waals surface area contributed by atoms with Crippen molar-refractivity contribution in [1.29, 1.82) is 0 Å². The van der Waals surface area contributed by atoms with Crippen LogP contribution in [0.15, 0.2) is 48.8 Å². The van der Waals surface area contributed by atoms with E-state index in [1.54, 1.807) is 39.1 Å². The molecule has 0 radical (unpaired) electrons. The largest absolute Gasteiger partial charge is 0.444 e. The standard InChI is InChI=1S/C21H22N4O3/c1-21(2,3)28-20(27)25-15-10-17-14(11-23-19(17)24-12-15)9-16(18(22)26)13-7-5-4-6-8-13/h4-12H,1-3H3,(H2,22,26)(H,23,24)(H,25,27). The molecule has 2 aromatic heterocycles. The van der Waals surface area contributed by atoms with E-state index in [-0.39, 0.29) is 0 Å². The first-order valence-corrected chi connectivity index (χ1v) is 8.77. The Hall–Kier alpha value is -3.61. The van der Waals surface area contributed by atoms with Gasteiger partial charge in [-0.15, -0.1) is 0 Å². The number of nitrogens with two attached hydrogens (primary N) is 1. The van der Waals surface area contributed by atoms with E-state index in [4.69, 9.17) is 10.5 Å². The molecule has 7 heteroatoms. The molecular formula is C21H22N4O3. The van der Waals surface area contributed by atoms with E-state index in [1.165, 1.54) is 6.20 Å². The Bertz CT molecular complexity index is 1050. The molecule has 0 saturated heterocycles. The van der Waals surface area contributed by atoms with Crippen LogP contribution in [0.2, 0.25) is 0 Å². The summed E-state index contributed by atoms with van der Waals surface area (Å²) in [4.78, 5) is 31.3. The number of hydrogen-bond acceptors (Lipinski definition) is 4. The van der Waals surface area contributed by atoms with Gasteiger partial charge in [-0.3, -0.25) is 10.1 Å². The van der Waals surface area contributed by atoms with Crippen LogP contribution >= 0.6 is 0 Å². The molecule has 1 aromatic carbocycles. The molecule has 28 heavy (non-hydrogen) atoms. The second kappa shape index (κ2) is 7.56. The summed E-state index contributed by atoms with van der Waals surface area (Å²) in [5.74, 6) is -0.531. The first kappa shape index (κ1) is 19.2. The number of amides is 2. The summed E-state index contributed by atoms with van der Waals surface area (Å²) in [7, 11) is 0. The lowest BCUT2D eigenvalue weighted by Gasteiger charge is -2.19. The second-order valence-electron chi connectivity index (χ2n) is 7.28. The molecule has 0 unspecified atom stereocenters. The number of fused-ring (bicyclic) bond motifs is 1. The monoisotopic (exact) mass is 378 g/mol. The molecule has 2 heterocycles. The van der Waals surface area contributed by atoms with Crippen molar-refractivity contribution in [2.45, 2.75) is 26.4 Å². The average Bonchev–Trinajstić information content (AvgIpc) is 3.00. The number of carbonyl (C=O) groups is 2. The average molecular weight is 378 g/mol. The van der Waals surface area contributed by atoms with Crippen LogP contribution in [0.5, 0.6) is 0 Å². The van der Waals surface area contributed by atoms with Crippen molar-refractivity contribution >= 4 is 40.4 Å². The molecular weight excluding hydrogens is 356 g/mol. The molecule has 0 atom stereocenters. The number of benzene rings is 1. The maximum Gasteiger partial charge on any atom is 0.412 e. The molecule has 0 fully saturated rings. The SMILES string of the molecule is CC(C)(C)OC(=O)Nc1cnc2[nH]cc(C=C(C(N)=O)c3ccccc3)c2c1. The lowest BCUT2D eigenvalue weighted by atomic mass is 10.0. The van der Waals surface area contributed by atoms with Gasteiger partial charge in [0.15, 0.2) is 0 Å². The van der Waals surface area contributed by atoms with E-state index in [9.17, 15) is 9.59 Å². The molecule has 0 bridgehead atoms. The van der Waals surface area contributed by atoms with Gasteiger partial charge in [-0.1, -0.05) is 30.3 Å². The number of primary amides is 1. The Balaban J connectivity index is 1.96. The summed E-state index contributed by atoms with van der Waals surface area (Å²) in [5, 5.41) is 3.40. The van der Waals surface area contributed by atoms with Crippen LogP contribution in [-0.2, 0) is 9.53 Å². The minimum atomic E-state index is -0.602. The minimum Gasteiger partial charge on any atom is -0.444 e. The number of ether oxygens (including phenoxy) is 1. The number of H-pyrrole nitrogens is 1. The molecule has 0 aliphatic carbocycles. The minimum absolute atomic E-state index is 0.381. The Morgan fingerprint density at radius 1 is 1.21 bits per heavy atom. The zero-order valence-electron chi connectivity index (χ0n) is 15.9. The lowest BCUT2D eigenvalue weighted by Crippen LogP contribution is -2.27. The van der Waals surface area contributed by atoms with Gasteiger partial charge in [0, 0.05) is 22.7 Å². The van der Waals surface area contributed by atoms with Gasteiger partial charge in [0.1, 0.15) is 11.2 Å². The molecule has 0 spiro atoms. The molecule has 0 saturated carbocycles. The number of rotatable bonds is 4. The number of pyridine rings is 1. The van der Waals surface area contributed by atoms with E-state index in [1.807, 2.05) is 30.3 Å². The highest BCUT2D eigenvalue weighted by atomic mass is 16.6. The topological polar surface area (TPSA) is 110 Å². The third kappa shape index (κ3) is 4.56. The second-order valence-corrected chi connectivity index (χ2v) is 7.28. The quantitative estimate of drug-likeness (QED) is 0.597. The fourth-order valence-electron chi connectivity index (χ4n) is 2.70. The van der Waals surface area contributed by atoms with Crippen molar-refractivity contribution in [3.63, 3.8) is 0 Å². The van der Waals surface area contributed by atoms with Crippen LogP contribution in [0.1, 0.15) is 31.9 Å². The van der Waals surface area contributed by atoms with Crippen LogP contribution in [0.4, 0.5) is 10.5 Å². The summed E-state index contributed by atoms with van der Waals surface area (Å²) in [6, 6.07) is 10.9. The van der Waals surface area contributed by atoms with Crippen LogP contribution in [0.25, 0.3) is 22.7 Å². The molecule has 3 rings (SSSR count). The predicted molar refractivity (Wildman–Crippen MR) is 109 cm³/mol. The van der Waals surface area contributed by atoms with Gasteiger partial charge in [0.05, 0.1) is 11.9 Å². The third-order valence-electron chi connectivity index (χ3n) is 3.86. The summed E-state index contributed by atoms with van der Waals surface area (Å²) in [5.41, 5.74) is 7.92. The molecule has 0 aliphatic heterocycles. The van der Waals surface area contributed by atoms with Crippen LogP contribution in [0, 0.1) is 0 Å². The van der Waals surface area contributed by atoms with Gasteiger partial charge in [-0.05, 0) is 38.5 Å². The molecule has 4 N–H and O–H groups in total. The van der Waals surface area contributed by atoms with E-state index in [0.29, 0.717) is 16.9 Å². The number of aromatic amines is 1. The van der Waals surface area contributed by atoms with Gasteiger partial charge in [-0.2, -0.15) is 0 Å². The number of hydrogen-bond donors (Lipinski definition) is 3. The van der Waals surface area contributed by atoms with Gasteiger partial charge in [0.25, 0.3) is 0 Å². The van der Waals surface area contributed by atoms with E-state index < -0.39 is 17.6 Å². The van der Waals surface area contributed by atoms with Crippen LogP contribution in [-0.4, -0.2) is 27.6 Å². The molecule has 144 valence electrons. The highest BCUT2D eigenvalue weighted by Crippen LogP contribution is 2.25. The number of nitrogens with zero attached hydrogens (tertiary/aromatic N) is 1. The first-order chi connectivity index (χ1) is 13.2. The van der Waals surface area contributed by atoms with Crippen LogP contribution < -0.4 is 11.1 Å². The zero-order chi connectivity index (χ0) is 20.3. The third-order valence-corrected chi connectivity index (χ3v) is 3.86. The van der Waals surface area contributed by atoms with Gasteiger partial charge in [0.2, 0.25) is 5.91 Å². The van der Waals surface area contributed by atoms with E-state index in [2.05, 4.69) is 15.3 Å². The Morgan fingerprint density at radius 2 is 1.93 bits per heavy atom. The highest BCUT2D eigenvalue weighted by Gasteiger charge is 2.17. The summed E-state index contributed by atoms with van der Waals surface area (Å²) < 4.78 is 5.26. The lowest BCUT2D eigenvalue weighted by molar-refractivity contribution is -0.112. The Morgan fingerprint density at radius 3 is 2.57 bits per heavy atom. The van der Waals surface area contributed by atoms with E-state index in [0.717, 1.165) is 16.5 Å². The number of nitrogens with one attached hydrogen (secondary N) is 2. The smallest absolute Gasteiger partial charge is 0.412 e. The molecule has 7 nitrogen and oxygen atoms in total. The fraction of sp³-hybridized carbons (Fsp3) is 0.190. The van der Waals surface area contributed by atoms with Crippen molar-refractivity contribution in [3.8, 4) is 0 Å². The van der Waals surface area contributed by atoms with Crippen LogP contribution in [0.3, 0.4) is 0 Å². The number of anilines is 1. The summed E-state index contributed by atoms with van der Waals surface area (Å²) in [6.07, 6.45) is 4.40.